The highest BCUT2D eigenvalue weighted by Gasteiger charge is 2.29. The predicted molar refractivity (Wildman–Crippen MR) is 184 cm³/mol. The second kappa shape index (κ2) is 13.8. The molecule has 0 amide bonds. The van der Waals surface area contributed by atoms with E-state index in [1.165, 1.54) is 22.3 Å². The monoisotopic (exact) mass is 594 g/mol. The van der Waals surface area contributed by atoms with Crippen molar-refractivity contribution >= 4 is 0 Å². The summed E-state index contributed by atoms with van der Waals surface area (Å²) in [5.74, 6) is 3.53. The average molecular weight is 595 g/mol. The van der Waals surface area contributed by atoms with Crippen molar-refractivity contribution < 1.29 is 18.9 Å². The minimum absolute atomic E-state index is 0.434. The molecule has 4 rings (SSSR count). The lowest BCUT2D eigenvalue weighted by atomic mass is 9.92. The van der Waals surface area contributed by atoms with E-state index in [4.69, 9.17) is 18.9 Å². The third kappa shape index (κ3) is 7.59. The Labute approximate surface area is 265 Å². The number of para-hydroxylation sites is 2. The Kier molecular flexibility index (Phi) is 10.3. The van der Waals surface area contributed by atoms with E-state index in [0.717, 1.165) is 70.9 Å². The van der Waals surface area contributed by atoms with Crippen LogP contribution in [0.2, 0.25) is 0 Å². The van der Waals surface area contributed by atoms with E-state index < -0.39 is 11.2 Å². The molecule has 0 aromatic heterocycles. The molecule has 0 fully saturated rings. The van der Waals surface area contributed by atoms with Gasteiger partial charge in [0.25, 0.3) is 0 Å². The van der Waals surface area contributed by atoms with Gasteiger partial charge in [0, 0.05) is 22.3 Å². The normalized spacial score (nSPS) is 11.8. The maximum Gasteiger partial charge on any atom is 0.130 e. The molecule has 0 N–H and O–H groups in total. The summed E-state index contributed by atoms with van der Waals surface area (Å²) in [4.78, 5) is 0. The Morgan fingerprint density at radius 3 is 1.23 bits per heavy atom. The minimum Gasteiger partial charge on any atom is -0.496 e. The van der Waals surface area contributed by atoms with Crippen LogP contribution in [0.4, 0.5) is 0 Å². The van der Waals surface area contributed by atoms with Gasteiger partial charge in [-0.15, -0.1) is 0 Å². The third-order valence-electron chi connectivity index (χ3n) is 8.25. The van der Waals surface area contributed by atoms with E-state index in [0.29, 0.717) is 0 Å². The maximum atomic E-state index is 6.78. The molecule has 4 aromatic rings. The highest BCUT2D eigenvalue weighted by atomic mass is 16.5. The summed E-state index contributed by atoms with van der Waals surface area (Å²) in [7, 11) is 3.50. The average Bonchev–Trinajstić information content (AvgIpc) is 2.99. The standard InChI is InChI=1S/C40H50O4/c1-11-29-23-27(3)25-33(37(29)41-9)31-17-13-15-19-35(31)43-39(5,6)21-22-40(7,8)44-36-20-16-14-18-32(36)34-26-28(4)24-30(12-2)38(34)42-10/h13-20,23-26H,11-12,21-22H2,1-10H3. The van der Waals surface area contributed by atoms with Crippen LogP contribution in [-0.2, 0) is 12.8 Å². The van der Waals surface area contributed by atoms with E-state index >= 15 is 0 Å². The van der Waals surface area contributed by atoms with Crippen LogP contribution in [0.5, 0.6) is 23.0 Å². The van der Waals surface area contributed by atoms with E-state index in [2.05, 4.69) is 116 Å². The SMILES string of the molecule is CCc1cc(C)cc(-c2ccccc2OC(C)(C)CCC(C)(C)Oc2ccccc2-c2cc(C)cc(CC)c2OC)c1OC. The summed E-state index contributed by atoms with van der Waals surface area (Å²) >= 11 is 0. The lowest BCUT2D eigenvalue weighted by Gasteiger charge is -2.33. The fourth-order valence-electron chi connectivity index (χ4n) is 5.96. The van der Waals surface area contributed by atoms with Gasteiger partial charge in [0.15, 0.2) is 0 Å². The number of benzene rings is 4. The van der Waals surface area contributed by atoms with Crippen LogP contribution < -0.4 is 18.9 Å². The molecule has 4 aromatic carbocycles. The van der Waals surface area contributed by atoms with Crippen molar-refractivity contribution in [2.45, 2.75) is 92.3 Å². The summed E-state index contributed by atoms with van der Waals surface area (Å²) in [6.07, 6.45) is 3.41. The Bertz CT molecular complexity index is 1460. The van der Waals surface area contributed by atoms with E-state index in [9.17, 15) is 0 Å². The van der Waals surface area contributed by atoms with E-state index in [-0.39, 0.29) is 0 Å². The Morgan fingerprint density at radius 1 is 0.523 bits per heavy atom. The maximum absolute atomic E-state index is 6.78. The molecule has 4 heteroatoms. The molecule has 0 radical (unpaired) electrons. The first-order valence-electron chi connectivity index (χ1n) is 15.8. The molecule has 0 saturated carbocycles. The van der Waals surface area contributed by atoms with Crippen LogP contribution in [0.25, 0.3) is 22.3 Å². The zero-order valence-corrected chi connectivity index (χ0v) is 28.4. The Hall–Kier alpha value is -3.92. The summed E-state index contributed by atoms with van der Waals surface area (Å²) in [6.45, 7) is 17.2. The predicted octanol–water partition coefficient (Wildman–Crippen LogP) is 10.6. The van der Waals surface area contributed by atoms with Gasteiger partial charge in [-0.05, 0) is 114 Å². The summed E-state index contributed by atoms with van der Waals surface area (Å²) in [5.41, 5.74) is 8.16. The fraction of sp³-hybridized carbons (Fsp3) is 0.400. The second-order valence-electron chi connectivity index (χ2n) is 12.9. The molecule has 0 aliphatic rings. The molecular weight excluding hydrogens is 544 g/mol. The molecular formula is C40H50O4. The number of methoxy groups -OCH3 is 2. The molecule has 0 bridgehead atoms. The first kappa shape index (κ1) is 33.0. The zero-order valence-electron chi connectivity index (χ0n) is 28.4. The van der Waals surface area contributed by atoms with Gasteiger partial charge in [0.2, 0.25) is 0 Å². The summed E-state index contributed by atoms with van der Waals surface area (Å²) < 4.78 is 25.4. The lowest BCUT2D eigenvalue weighted by molar-refractivity contribution is 0.0457. The Balaban J connectivity index is 1.56. The number of hydrogen-bond donors (Lipinski definition) is 0. The zero-order chi connectivity index (χ0) is 32.1. The summed E-state index contributed by atoms with van der Waals surface area (Å²) in [6, 6.07) is 25.3. The fourth-order valence-corrected chi connectivity index (χ4v) is 5.96. The molecule has 44 heavy (non-hydrogen) atoms. The molecule has 0 heterocycles. The van der Waals surface area contributed by atoms with Crippen molar-refractivity contribution in [2.75, 3.05) is 14.2 Å². The largest absolute Gasteiger partial charge is 0.496 e. The van der Waals surface area contributed by atoms with Crippen LogP contribution >= 0.6 is 0 Å². The number of rotatable bonds is 13. The van der Waals surface area contributed by atoms with Crippen LogP contribution in [-0.4, -0.2) is 25.4 Å². The molecule has 0 atom stereocenters. The molecule has 234 valence electrons. The van der Waals surface area contributed by atoms with Crippen LogP contribution in [0.1, 0.15) is 76.6 Å². The first-order valence-corrected chi connectivity index (χ1v) is 15.8. The van der Waals surface area contributed by atoms with Gasteiger partial charge in [0.05, 0.1) is 14.2 Å². The second-order valence-corrected chi connectivity index (χ2v) is 12.9. The van der Waals surface area contributed by atoms with Gasteiger partial charge in [0.1, 0.15) is 34.2 Å². The van der Waals surface area contributed by atoms with Gasteiger partial charge in [-0.2, -0.15) is 0 Å². The van der Waals surface area contributed by atoms with Gasteiger partial charge >= 0.3 is 0 Å². The van der Waals surface area contributed by atoms with Crippen molar-refractivity contribution in [1.29, 1.82) is 0 Å². The van der Waals surface area contributed by atoms with Crippen molar-refractivity contribution in [3.63, 3.8) is 0 Å². The van der Waals surface area contributed by atoms with Crippen LogP contribution in [0.3, 0.4) is 0 Å². The van der Waals surface area contributed by atoms with Crippen molar-refractivity contribution in [3.8, 4) is 45.3 Å². The van der Waals surface area contributed by atoms with Gasteiger partial charge < -0.3 is 18.9 Å². The number of ether oxygens (including phenoxy) is 4. The van der Waals surface area contributed by atoms with Crippen molar-refractivity contribution in [2.24, 2.45) is 0 Å². The Morgan fingerprint density at radius 2 is 0.886 bits per heavy atom. The van der Waals surface area contributed by atoms with Crippen molar-refractivity contribution in [1.82, 2.24) is 0 Å². The quantitative estimate of drug-likeness (QED) is 0.154. The molecule has 0 unspecified atom stereocenters. The molecule has 0 spiro atoms. The van der Waals surface area contributed by atoms with Gasteiger partial charge in [-0.3, -0.25) is 0 Å². The highest BCUT2D eigenvalue weighted by molar-refractivity contribution is 5.79. The van der Waals surface area contributed by atoms with Crippen molar-refractivity contribution in [3.05, 3.63) is 95.1 Å². The first-order chi connectivity index (χ1) is 20.9. The smallest absolute Gasteiger partial charge is 0.130 e. The third-order valence-corrected chi connectivity index (χ3v) is 8.25. The van der Waals surface area contributed by atoms with Gasteiger partial charge in [-0.1, -0.05) is 62.4 Å². The molecule has 0 saturated heterocycles. The number of aryl methyl sites for hydroxylation is 4. The molecule has 4 nitrogen and oxygen atoms in total. The number of hydrogen-bond acceptors (Lipinski definition) is 4. The van der Waals surface area contributed by atoms with E-state index in [1.807, 2.05) is 12.1 Å². The molecule has 0 aliphatic carbocycles. The lowest BCUT2D eigenvalue weighted by Crippen LogP contribution is -2.35. The topological polar surface area (TPSA) is 36.9 Å². The summed E-state index contributed by atoms with van der Waals surface area (Å²) in [5, 5.41) is 0. The van der Waals surface area contributed by atoms with Gasteiger partial charge in [-0.25, -0.2) is 0 Å². The highest BCUT2D eigenvalue weighted by Crippen LogP contribution is 2.43. The molecule has 0 aliphatic heterocycles. The minimum atomic E-state index is -0.434. The van der Waals surface area contributed by atoms with Crippen LogP contribution in [0, 0.1) is 13.8 Å². The van der Waals surface area contributed by atoms with E-state index in [1.54, 1.807) is 14.2 Å². The van der Waals surface area contributed by atoms with Crippen LogP contribution in [0.15, 0.2) is 72.8 Å².